The third-order valence-electron chi connectivity index (χ3n) is 2.62. The van der Waals surface area contributed by atoms with E-state index < -0.39 is 17.4 Å². The summed E-state index contributed by atoms with van der Waals surface area (Å²) >= 11 is -2.04. The van der Waals surface area contributed by atoms with Crippen molar-refractivity contribution in [3.63, 3.8) is 0 Å². The molecule has 0 N–H and O–H groups in total. The van der Waals surface area contributed by atoms with Crippen LogP contribution in [-0.2, 0) is 17.4 Å². The average Bonchev–Trinajstić information content (AvgIpc) is 1.86. The zero-order chi connectivity index (χ0) is 9.94. The first-order valence-corrected chi connectivity index (χ1v) is 7.61. The molecule has 0 aromatic carbocycles. The number of nitrogens with zero attached hydrogens (tertiary/aromatic N) is 3. The quantitative estimate of drug-likeness (QED) is 0.640. The van der Waals surface area contributed by atoms with Crippen LogP contribution in [0.15, 0.2) is 0 Å². The van der Waals surface area contributed by atoms with E-state index in [2.05, 4.69) is 59.4 Å². The Morgan fingerprint density at radius 1 is 0.750 bits per heavy atom. The molecule has 0 fully saturated rings. The van der Waals surface area contributed by atoms with E-state index in [1.165, 1.54) is 4.73 Å². The Labute approximate surface area is 81.6 Å². The molecule has 3 nitrogen and oxygen atoms in total. The fraction of sp³-hybridized carbons (Fsp3) is 1.00. The van der Waals surface area contributed by atoms with Crippen LogP contribution in [-0.4, -0.2) is 52.4 Å². The molecule has 0 amide bonds. The molecule has 0 unspecified atom stereocenters. The van der Waals surface area contributed by atoms with Crippen LogP contribution in [0.5, 0.6) is 0 Å². The van der Waals surface area contributed by atoms with Crippen molar-refractivity contribution < 1.29 is 17.4 Å². The fourth-order valence-corrected chi connectivity index (χ4v) is 8.86. The van der Waals surface area contributed by atoms with Crippen molar-refractivity contribution >= 4 is 0 Å². The summed E-state index contributed by atoms with van der Waals surface area (Å²) in [6, 6.07) is 0. The summed E-state index contributed by atoms with van der Waals surface area (Å²) in [5, 5.41) is 0. The van der Waals surface area contributed by atoms with E-state index in [1.807, 2.05) is 0 Å². The predicted octanol–water partition coefficient (Wildman–Crippen LogP) is 1.01. The molecule has 0 heterocycles. The predicted molar refractivity (Wildman–Crippen MR) is 51.5 cm³/mol. The van der Waals surface area contributed by atoms with Crippen LogP contribution in [0.25, 0.3) is 0 Å². The van der Waals surface area contributed by atoms with Gasteiger partial charge in [-0.3, -0.25) is 0 Å². The zero-order valence-corrected chi connectivity index (χ0v) is 11.1. The van der Waals surface area contributed by atoms with Crippen LogP contribution in [0.3, 0.4) is 0 Å². The van der Waals surface area contributed by atoms with Crippen LogP contribution < -0.4 is 0 Å². The van der Waals surface area contributed by atoms with Gasteiger partial charge in [0, 0.05) is 0 Å². The molecule has 74 valence electrons. The van der Waals surface area contributed by atoms with E-state index in [0.717, 1.165) is 0 Å². The molecule has 0 aromatic rings. The molecule has 0 saturated carbocycles. The molecule has 4 heteroatoms. The van der Waals surface area contributed by atoms with Crippen molar-refractivity contribution in [3.05, 3.63) is 0 Å². The minimum absolute atomic E-state index is 1.27. The topological polar surface area (TPSA) is 9.72 Å². The molecular weight excluding hydrogens is 186 g/mol. The van der Waals surface area contributed by atoms with Gasteiger partial charge in [-0.25, -0.2) is 0 Å². The molecule has 0 aliphatic rings. The van der Waals surface area contributed by atoms with Crippen molar-refractivity contribution in [2.45, 2.75) is 11.6 Å². The SMILES string of the molecule is C[CH2][Ti]([N](C)C)([N](C)C)[N](C)C. The van der Waals surface area contributed by atoms with Crippen LogP contribution in [0.4, 0.5) is 0 Å². The van der Waals surface area contributed by atoms with Gasteiger partial charge in [-0.2, -0.15) is 0 Å². The Hall–Kier alpha value is 0.594. The van der Waals surface area contributed by atoms with Crippen molar-refractivity contribution in [3.8, 4) is 0 Å². The minimum atomic E-state index is -2.04. The molecule has 0 aliphatic heterocycles. The molecule has 0 spiro atoms. The summed E-state index contributed by atoms with van der Waals surface area (Å²) in [5.41, 5.74) is 0. The normalized spacial score (nSPS) is 13.5. The van der Waals surface area contributed by atoms with Crippen molar-refractivity contribution in [2.75, 3.05) is 42.3 Å². The van der Waals surface area contributed by atoms with Crippen LogP contribution >= 0.6 is 0 Å². The summed E-state index contributed by atoms with van der Waals surface area (Å²) in [6.45, 7) is 2.29. The number of hydrogen-bond donors (Lipinski definition) is 0. The fourth-order valence-electron chi connectivity index (χ4n) is 2.15. The van der Waals surface area contributed by atoms with Gasteiger partial charge in [0.25, 0.3) is 0 Å². The van der Waals surface area contributed by atoms with Gasteiger partial charge in [-0.05, 0) is 0 Å². The van der Waals surface area contributed by atoms with Gasteiger partial charge in [0.15, 0.2) is 0 Å². The van der Waals surface area contributed by atoms with Gasteiger partial charge in [-0.15, -0.1) is 0 Å². The van der Waals surface area contributed by atoms with E-state index in [9.17, 15) is 0 Å². The molecule has 0 aliphatic carbocycles. The van der Waals surface area contributed by atoms with Gasteiger partial charge >= 0.3 is 81.4 Å². The summed E-state index contributed by atoms with van der Waals surface area (Å²) < 4.78 is 8.56. The molecule has 12 heavy (non-hydrogen) atoms. The maximum atomic E-state index is 2.43. The van der Waals surface area contributed by atoms with E-state index in [4.69, 9.17) is 0 Å². The van der Waals surface area contributed by atoms with Gasteiger partial charge < -0.3 is 0 Å². The molecular formula is C8H23N3Ti. The average molecular weight is 209 g/mol. The number of hydrogen-bond acceptors (Lipinski definition) is 3. The molecule has 0 saturated heterocycles. The Bertz CT molecular complexity index is 112. The summed E-state index contributed by atoms with van der Waals surface area (Å²) in [4.78, 5) is 0. The second-order valence-electron chi connectivity index (χ2n) is 3.81. The monoisotopic (exact) mass is 209 g/mol. The standard InChI is InChI=1S/3C2H6N.C2H5.Ti/c3*1-3-2;1-2;/h3*1-2H3;1H2,2H3;/q3*-1;;+3. The first-order valence-electron chi connectivity index (χ1n) is 4.41. The Balaban J connectivity index is 4.77. The summed E-state index contributed by atoms with van der Waals surface area (Å²) in [6.07, 6.45) is 0. The maximum absolute atomic E-state index is 2.43. The second kappa shape index (κ2) is 4.73. The van der Waals surface area contributed by atoms with E-state index in [-0.39, 0.29) is 0 Å². The molecule has 0 aromatic heterocycles. The van der Waals surface area contributed by atoms with E-state index >= 15 is 0 Å². The Morgan fingerprint density at radius 2 is 1.00 bits per heavy atom. The Kier molecular flexibility index (Phi) is 4.96. The molecule has 0 rings (SSSR count). The van der Waals surface area contributed by atoms with Crippen molar-refractivity contribution in [1.82, 2.24) is 10.1 Å². The van der Waals surface area contributed by atoms with Gasteiger partial charge in [-0.1, -0.05) is 0 Å². The first-order chi connectivity index (χ1) is 5.39. The Morgan fingerprint density at radius 3 is 1.00 bits per heavy atom. The van der Waals surface area contributed by atoms with Crippen LogP contribution in [0.2, 0.25) is 4.73 Å². The zero-order valence-electron chi connectivity index (χ0n) is 9.55. The molecule has 0 radical (unpaired) electrons. The second-order valence-corrected chi connectivity index (χ2v) is 11.5. The van der Waals surface area contributed by atoms with Crippen molar-refractivity contribution in [2.24, 2.45) is 0 Å². The van der Waals surface area contributed by atoms with E-state index in [0.29, 0.717) is 0 Å². The summed E-state index contributed by atoms with van der Waals surface area (Å²) in [5.74, 6) is 0. The summed E-state index contributed by atoms with van der Waals surface area (Å²) in [7, 11) is 13.2. The van der Waals surface area contributed by atoms with Crippen molar-refractivity contribution in [1.29, 1.82) is 0 Å². The van der Waals surface area contributed by atoms with Gasteiger partial charge in [0.05, 0.1) is 0 Å². The first kappa shape index (κ1) is 12.6. The molecule has 0 bridgehead atoms. The van der Waals surface area contributed by atoms with Gasteiger partial charge in [0.1, 0.15) is 0 Å². The number of rotatable bonds is 4. The third-order valence-corrected chi connectivity index (χ3v) is 10.8. The molecule has 0 atom stereocenters. The third kappa shape index (κ3) is 2.09. The van der Waals surface area contributed by atoms with E-state index in [1.54, 1.807) is 0 Å². The van der Waals surface area contributed by atoms with Gasteiger partial charge in [0.2, 0.25) is 0 Å². The van der Waals surface area contributed by atoms with Crippen LogP contribution in [0.1, 0.15) is 6.92 Å². The van der Waals surface area contributed by atoms with Crippen LogP contribution in [0, 0.1) is 0 Å².